The number of benzene rings is 1. The molecule has 0 atom stereocenters. The van der Waals surface area contributed by atoms with Crippen LogP contribution in [0.25, 0.3) is 16.2 Å². The zero-order valence-electron chi connectivity index (χ0n) is 13.6. The number of carbonyl (C=O) groups is 2. The highest BCUT2D eigenvalue weighted by Gasteiger charge is 2.23. The fourth-order valence-electron chi connectivity index (χ4n) is 3.10. The Hall–Kier alpha value is -2.87. The maximum Gasteiger partial charge on any atom is 0.347 e. The Morgan fingerprint density at radius 2 is 2.28 bits per heavy atom. The molecule has 0 bridgehead atoms. The summed E-state index contributed by atoms with van der Waals surface area (Å²) >= 11 is 1.17. The first kappa shape index (κ1) is 15.6. The summed E-state index contributed by atoms with van der Waals surface area (Å²) in [6, 6.07) is 5.52. The molecule has 1 aliphatic rings. The lowest BCUT2D eigenvalue weighted by atomic mass is 10.1. The third-order valence-electron chi connectivity index (χ3n) is 4.22. The molecule has 0 saturated heterocycles. The van der Waals surface area contributed by atoms with Crippen molar-refractivity contribution in [1.29, 1.82) is 0 Å². The number of imidazole rings is 1. The number of anilines is 1. The van der Waals surface area contributed by atoms with E-state index in [-0.39, 0.29) is 12.5 Å². The van der Waals surface area contributed by atoms with E-state index in [1.807, 2.05) is 30.4 Å². The van der Waals surface area contributed by atoms with Crippen molar-refractivity contribution in [3.05, 3.63) is 34.5 Å². The number of aryl methyl sites for hydroxylation is 2. The van der Waals surface area contributed by atoms with Crippen molar-refractivity contribution in [2.45, 2.75) is 20.3 Å². The average Bonchev–Trinajstić information content (AvgIpc) is 3.11. The fourth-order valence-corrected chi connectivity index (χ4v) is 4.20. The third-order valence-corrected chi connectivity index (χ3v) is 5.29. The topological polar surface area (TPSA) is 92.9 Å². The van der Waals surface area contributed by atoms with Crippen LogP contribution >= 0.6 is 11.3 Å². The van der Waals surface area contributed by atoms with Gasteiger partial charge in [0, 0.05) is 17.0 Å². The van der Waals surface area contributed by atoms with Crippen LogP contribution in [-0.4, -0.2) is 33.0 Å². The Morgan fingerprint density at radius 3 is 3.00 bits per heavy atom. The van der Waals surface area contributed by atoms with Gasteiger partial charge in [0.1, 0.15) is 10.6 Å². The summed E-state index contributed by atoms with van der Waals surface area (Å²) in [5.41, 5.74) is 3.85. The van der Waals surface area contributed by atoms with Crippen LogP contribution in [0.4, 0.5) is 5.69 Å². The number of hydrogen-bond donors (Lipinski definition) is 2. The maximum absolute atomic E-state index is 11.5. The molecule has 0 saturated carbocycles. The van der Waals surface area contributed by atoms with E-state index in [1.54, 1.807) is 6.07 Å². The van der Waals surface area contributed by atoms with Gasteiger partial charge in [0.25, 0.3) is 5.91 Å². The van der Waals surface area contributed by atoms with Crippen LogP contribution < -0.4 is 10.1 Å². The molecule has 25 heavy (non-hydrogen) atoms. The number of ether oxygens (including phenoxy) is 1. The first-order chi connectivity index (χ1) is 12.0. The molecule has 8 heteroatoms. The van der Waals surface area contributed by atoms with Gasteiger partial charge in [-0.05, 0) is 31.5 Å². The third kappa shape index (κ3) is 2.37. The van der Waals surface area contributed by atoms with Crippen LogP contribution in [0.15, 0.2) is 18.2 Å². The average molecular weight is 357 g/mol. The van der Waals surface area contributed by atoms with Crippen molar-refractivity contribution in [1.82, 2.24) is 9.38 Å². The monoisotopic (exact) mass is 357 g/mol. The summed E-state index contributed by atoms with van der Waals surface area (Å²) in [5, 5.41) is 12.2. The quantitative estimate of drug-likeness (QED) is 0.752. The molecular weight excluding hydrogens is 342 g/mol. The summed E-state index contributed by atoms with van der Waals surface area (Å²) in [5.74, 6) is -0.488. The van der Waals surface area contributed by atoms with E-state index in [2.05, 4.69) is 10.3 Å². The van der Waals surface area contributed by atoms with Crippen molar-refractivity contribution >= 4 is 33.9 Å². The second-order valence-corrected chi connectivity index (χ2v) is 6.73. The van der Waals surface area contributed by atoms with Crippen LogP contribution in [-0.2, 0) is 11.2 Å². The number of carbonyl (C=O) groups excluding carboxylic acids is 1. The Bertz CT molecular complexity index is 1030. The number of carboxylic acid groups (broad SMARTS) is 1. The number of thiazole rings is 1. The number of nitrogens with zero attached hydrogens (tertiary/aromatic N) is 2. The highest BCUT2D eigenvalue weighted by Crippen LogP contribution is 2.35. The zero-order chi connectivity index (χ0) is 17.7. The van der Waals surface area contributed by atoms with E-state index in [9.17, 15) is 14.7 Å². The highest BCUT2D eigenvalue weighted by atomic mass is 32.1. The normalized spacial score (nSPS) is 13.4. The second kappa shape index (κ2) is 5.59. The van der Waals surface area contributed by atoms with Gasteiger partial charge in [-0.1, -0.05) is 18.3 Å². The van der Waals surface area contributed by atoms with E-state index in [0.29, 0.717) is 27.7 Å². The smallest absolute Gasteiger partial charge is 0.347 e. The molecule has 0 fully saturated rings. The molecule has 0 spiro atoms. The maximum atomic E-state index is 11.5. The lowest BCUT2D eigenvalue weighted by Gasteiger charge is -2.18. The number of carboxylic acids is 1. The lowest BCUT2D eigenvalue weighted by molar-refractivity contribution is -0.118. The van der Waals surface area contributed by atoms with Gasteiger partial charge in [0.2, 0.25) is 0 Å². The van der Waals surface area contributed by atoms with Crippen molar-refractivity contribution in [2.75, 3.05) is 11.9 Å². The molecule has 2 N–H and O–H groups in total. The number of aromatic nitrogens is 2. The Kier molecular flexibility index (Phi) is 3.50. The minimum Gasteiger partial charge on any atom is -0.482 e. The van der Waals surface area contributed by atoms with Gasteiger partial charge in [-0.15, -0.1) is 0 Å². The Balaban J connectivity index is 1.86. The number of hydrogen-bond acceptors (Lipinski definition) is 5. The van der Waals surface area contributed by atoms with Crippen molar-refractivity contribution in [3.8, 4) is 17.0 Å². The van der Waals surface area contributed by atoms with Crippen molar-refractivity contribution in [3.63, 3.8) is 0 Å². The molecule has 1 aromatic carbocycles. The van der Waals surface area contributed by atoms with Gasteiger partial charge in [-0.2, -0.15) is 0 Å². The summed E-state index contributed by atoms with van der Waals surface area (Å²) in [4.78, 5) is 28.5. The number of aromatic carboxylic acids is 1. The van der Waals surface area contributed by atoms with Crippen LogP contribution in [0.3, 0.4) is 0 Å². The van der Waals surface area contributed by atoms with Gasteiger partial charge in [0.05, 0.1) is 11.4 Å². The van der Waals surface area contributed by atoms with Crippen LogP contribution in [0, 0.1) is 6.92 Å². The summed E-state index contributed by atoms with van der Waals surface area (Å²) in [6.45, 7) is 3.86. The first-order valence-corrected chi connectivity index (χ1v) is 8.62. The van der Waals surface area contributed by atoms with Crippen LogP contribution in [0.5, 0.6) is 5.75 Å². The predicted octanol–water partition coefficient (Wildman–Crippen LogP) is 2.96. The molecule has 0 unspecified atom stereocenters. The second-order valence-electron chi connectivity index (χ2n) is 5.75. The molecule has 1 amide bonds. The molecule has 1 aliphatic heterocycles. The molecule has 128 valence electrons. The number of rotatable bonds is 3. The molecule has 0 aliphatic carbocycles. The molecular formula is C17H15N3O4S. The SMILES string of the molecule is CCc1c(C(=O)O)sc2nc(-c3ccc4c(c3)NC(=O)CO4)c(C)n12. The Labute approximate surface area is 146 Å². The van der Waals surface area contributed by atoms with E-state index in [4.69, 9.17) is 4.74 Å². The number of amides is 1. The largest absolute Gasteiger partial charge is 0.482 e. The fraction of sp³-hybridized carbons (Fsp3) is 0.235. The van der Waals surface area contributed by atoms with Gasteiger partial charge < -0.3 is 15.2 Å². The molecule has 7 nitrogen and oxygen atoms in total. The standard InChI is InChI=1S/C17H15N3O4S/c1-3-11-15(16(22)23)25-17-19-14(8(2)20(11)17)9-4-5-12-10(6-9)18-13(21)7-24-12/h4-6H,3,7H2,1-2H3,(H,18,21)(H,22,23). The molecule has 3 aromatic rings. The highest BCUT2D eigenvalue weighted by molar-refractivity contribution is 7.19. The molecule has 4 rings (SSSR count). The van der Waals surface area contributed by atoms with E-state index < -0.39 is 5.97 Å². The van der Waals surface area contributed by atoms with Crippen LogP contribution in [0.2, 0.25) is 0 Å². The molecule has 0 radical (unpaired) electrons. The van der Waals surface area contributed by atoms with Crippen molar-refractivity contribution in [2.24, 2.45) is 0 Å². The van der Waals surface area contributed by atoms with Gasteiger partial charge in [0.15, 0.2) is 11.6 Å². The van der Waals surface area contributed by atoms with E-state index in [1.165, 1.54) is 11.3 Å². The van der Waals surface area contributed by atoms with Crippen molar-refractivity contribution < 1.29 is 19.4 Å². The van der Waals surface area contributed by atoms with Gasteiger partial charge in [-0.25, -0.2) is 9.78 Å². The number of fused-ring (bicyclic) bond motifs is 2. The minimum atomic E-state index is -0.929. The van der Waals surface area contributed by atoms with Gasteiger partial charge >= 0.3 is 5.97 Å². The van der Waals surface area contributed by atoms with E-state index in [0.717, 1.165) is 22.6 Å². The summed E-state index contributed by atoms with van der Waals surface area (Å²) < 4.78 is 7.28. The van der Waals surface area contributed by atoms with Gasteiger partial charge in [-0.3, -0.25) is 9.20 Å². The summed E-state index contributed by atoms with van der Waals surface area (Å²) in [7, 11) is 0. The molecule has 2 aromatic heterocycles. The first-order valence-electron chi connectivity index (χ1n) is 7.80. The molecule has 3 heterocycles. The zero-order valence-corrected chi connectivity index (χ0v) is 14.4. The predicted molar refractivity (Wildman–Crippen MR) is 93.7 cm³/mol. The van der Waals surface area contributed by atoms with Crippen LogP contribution in [0.1, 0.15) is 28.0 Å². The number of nitrogens with one attached hydrogen (secondary N) is 1. The Morgan fingerprint density at radius 1 is 1.48 bits per heavy atom. The lowest BCUT2D eigenvalue weighted by Crippen LogP contribution is -2.25. The minimum absolute atomic E-state index is 0.0173. The summed E-state index contributed by atoms with van der Waals surface area (Å²) in [6.07, 6.45) is 0.604. The van der Waals surface area contributed by atoms with E-state index >= 15 is 0 Å².